The first kappa shape index (κ1) is 28.5. The van der Waals surface area contributed by atoms with Gasteiger partial charge in [-0.15, -0.1) is 34.6 Å². The van der Waals surface area contributed by atoms with Crippen LogP contribution in [0.3, 0.4) is 0 Å². The van der Waals surface area contributed by atoms with Gasteiger partial charge < -0.3 is 25.7 Å². The van der Waals surface area contributed by atoms with Gasteiger partial charge in [-0.25, -0.2) is 14.5 Å². The lowest BCUT2D eigenvalue weighted by Crippen LogP contribution is -2.71. The summed E-state index contributed by atoms with van der Waals surface area (Å²) in [5.41, 5.74) is -0.0918. The average molecular weight is 608 g/mol. The van der Waals surface area contributed by atoms with E-state index in [0.717, 1.165) is 32.7 Å². The summed E-state index contributed by atoms with van der Waals surface area (Å²) in [4.78, 5) is 70.0. The van der Waals surface area contributed by atoms with Crippen molar-refractivity contribution < 1.29 is 39.0 Å². The van der Waals surface area contributed by atoms with Gasteiger partial charge in [0.05, 0.1) is 0 Å². The predicted octanol–water partition coefficient (Wildman–Crippen LogP) is -1.33. The van der Waals surface area contributed by atoms with Crippen LogP contribution in [-0.2, 0) is 35.4 Å². The number of thiazole rings is 1. The summed E-state index contributed by atoms with van der Waals surface area (Å²) in [7, 11) is 0. The maximum absolute atomic E-state index is 13.1. The Morgan fingerprint density at radius 3 is 2.88 bits per heavy atom. The second-order valence-corrected chi connectivity index (χ2v) is 10.5. The third-order valence-electron chi connectivity index (χ3n) is 5.14. The fraction of sp³-hybridized carbons (Fsp3) is 0.300. The van der Waals surface area contributed by atoms with Gasteiger partial charge >= 0.3 is 11.9 Å². The van der Waals surface area contributed by atoms with E-state index in [9.17, 15) is 29.1 Å². The van der Waals surface area contributed by atoms with E-state index in [2.05, 4.69) is 42.2 Å². The Balaban J connectivity index is 1.49. The molecular formula is C20H17N9O8S3. The molecule has 208 valence electrons. The number of thioether (sulfide) groups is 2. The summed E-state index contributed by atoms with van der Waals surface area (Å²) in [5.74, 6) is -1.51. The molecule has 0 radical (unpaired) electrons. The molecule has 4 N–H and O–H groups in total. The number of aliphatic carboxylic acids is 2. The standard InChI is InChI=1S/C20H17N9O8S3/c1-2-3-37-25-12(10-7-39-19(22-10)21-8-30)15(33)23-13-16(34)29-14(18(35)36)9(5-38-17(13)29)6-40-20-24-26-27-28(20)4-11(31)32/h1,7-8,13,17H,3-6H2,(H,23,33)(H,31,32)(H,35,36)(H,21,22,30)/t13?,17-/m1/s1. The molecule has 2 aromatic heterocycles. The van der Waals surface area contributed by atoms with Gasteiger partial charge in [0.2, 0.25) is 11.6 Å². The number of carbonyl (C=O) groups excluding carboxylic acids is 3. The van der Waals surface area contributed by atoms with E-state index >= 15 is 0 Å². The molecule has 1 unspecified atom stereocenters. The van der Waals surface area contributed by atoms with Gasteiger partial charge in [0, 0.05) is 16.9 Å². The minimum absolute atomic E-state index is 0.0551. The summed E-state index contributed by atoms with van der Waals surface area (Å²) >= 11 is 3.28. The zero-order valence-electron chi connectivity index (χ0n) is 19.9. The van der Waals surface area contributed by atoms with Crippen LogP contribution in [0.4, 0.5) is 5.13 Å². The number of nitrogens with zero attached hydrogens (tertiary/aromatic N) is 7. The molecule has 0 aliphatic carbocycles. The first-order valence-electron chi connectivity index (χ1n) is 10.9. The number of fused-ring (bicyclic) bond motifs is 1. The highest BCUT2D eigenvalue weighted by atomic mass is 32.2. The van der Waals surface area contributed by atoms with Crippen molar-refractivity contribution in [2.75, 3.05) is 23.4 Å². The van der Waals surface area contributed by atoms with Gasteiger partial charge in [-0.3, -0.25) is 24.1 Å². The number of tetrazole rings is 1. The van der Waals surface area contributed by atoms with Crippen LogP contribution in [0.25, 0.3) is 0 Å². The molecule has 3 amide bonds. The number of rotatable bonds is 13. The van der Waals surface area contributed by atoms with Crippen molar-refractivity contribution in [2.45, 2.75) is 23.1 Å². The number of anilines is 1. The number of carboxylic acid groups (broad SMARTS) is 2. The Labute approximate surface area is 236 Å². The van der Waals surface area contributed by atoms with Crippen molar-refractivity contribution in [1.29, 1.82) is 0 Å². The molecule has 20 heteroatoms. The number of hydrogen-bond acceptors (Lipinski definition) is 14. The van der Waals surface area contributed by atoms with Crippen LogP contribution >= 0.6 is 34.9 Å². The first-order chi connectivity index (χ1) is 19.2. The normalized spacial score (nSPS) is 18.3. The molecule has 0 bridgehead atoms. The van der Waals surface area contributed by atoms with Gasteiger partial charge in [0.1, 0.15) is 29.4 Å². The molecule has 40 heavy (non-hydrogen) atoms. The number of carbonyl (C=O) groups is 5. The fourth-order valence-electron chi connectivity index (χ4n) is 3.52. The number of aromatic nitrogens is 5. The number of amides is 3. The lowest BCUT2D eigenvalue weighted by atomic mass is 10.0. The minimum atomic E-state index is -1.34. The highest BCUT2D eigenvalue weighted by Gasteiger charge is 2.54. The maximum Gasteiger partial charge on any atom is 0.352 e. The maximum atomic E-state index is 13.1. The van der Waals surface area contributed by atoms with Crippen molar-refractivity contribution in [3.8, 4) is 12.3 Å². The summed E-state index contributed by atoms with van der Waals surface area (Å²) in [6.45, 7) is -0.719. The summed E-state index contributed by atoms with van der Waals surface area (Å²) < 4.78 is 1.06. The second kappa shape index (κ2) is 12.6. The van der Waals surface area contributed by atoms with E-state index in [4.69, 9.17) is 16.4 Å². The molecular weight excluding hydrogens is 590 g/mol. The third kappa shape index (κ3) is 6.05. The monoisotopic (exact) mass is 607 g/mol. The first-order valence-corrected chi connectivity index (χ1v) is 13.8. The van der Waals surface area contributed by atoms with Crippen LogP contribution in [0.1, 0.15) is 5.69 Å². The highest BCUT2D eigenvalue weighted by Crippen LogP contribution is 2.41. The van der Waals surface area contributed by atoms with Crippen LogP contribution in [0.5, 0.6) is 0 Å². The van der Waals surface area contributed by atoms with Crippen LogP contribution in [0, 0.1) is 12.3 Å². The van der Waals surface area contributed by atoms with Crippen molar-refractivity contribution in [3.63, 3.8) is 0 Å². The molecule has 1 saturated heterocycles. The highest BCUT2D eigenvalue weighted by molar-refractivity contribution is 8.01. The van der Waals surface area contributed by atoms with Crippen molar-refractivity contribution in [2.24, 2.45) is 5.16 Å². The number of β-lactam (4-membered cyclic amide) rings is 1. The Morgan fingerprint density at radius 1 is 1.38 bits per heavy atom. The molecule has 4 rings (SSSR count). The predicted molar refractivity (Wildman–Crippen MR) is 139 cm³/mol. The molecule has 2 atom stereocenters. The summed E-state index contributed by atoms with van der Waals surface area (Å²) in [6, 6.07) is -1.08. The fourth-order valence-corrected chi connectivity index (χ4v) is 6.54. The van der Waals surface area contributed by atoms with Crippen molar-refractivity contribution >= 4 is 75.9 Å². The van der Waals surface area contributed by atoms with Crippen LogP contribution in [0.15, 0.2) is 27.0 Å². The topological polar surface area (TPSA) is 231 Å². The number of carboxylic acids is 2. The Hall–Kier alpha value is -4.48. The van der Waals surface area contributed by atoms with Crippen LogP contribution in [-0.4, -0.2) is 106 Å². The van der Waals surface area contributed by atoms with E-state index in [0.29, 0.717) is 12.0 Å². The van der Waals surface area contributed by atoms with Crippen LogP contribution in [0.2, 0.25) is 0 Å². The van der Waals surface area contributed by atoms with Gasteiger partial charge in [0.25, 0.3) is 11.8 Å². The molecule has 0 spiro atoms. The Morgan fingerprint density at radius 2 is 2.17 bits per heavy atom. The molecule has 2 aromatic rings. The molecule has 0 saturated carbocycles. The zero-order chi connectivity index (χ0) is 28.8. The Bertz CT molecular complexity index is 1460. The van der Waals surface area contributed by atoms with E-state index in [1.807, 2.05) is 0 Å². The third-order valence-corrected chi connectivity index (χ3v) is 8.30. The zero-order valence-corrected chi connectivity index (χ0v) is 22.4. The largest absolute Gasteiger partial charge is 0.480 e. The Kier molecular flexibility index (Phi) is 8.97. The smallest absolute Gasteiger partial charge is 0.352 e. The summed E-state index contributed by atoms with van der Waals surface area (Å²) in [6.07, 6.45) is 5.56. The van der Waals surface area contributed by atoms with E-state index < -0.39 is 41.7 Å². The second-order valence-electron chi connectivity index (χ2n) is 7.64. The molecule has 1 fully saturated rings. The minimum Gasteiger partial charge on any atom is -0.480 e. The molecule has 2 aliphatic rings. The number of oxime groups is 1. The van der Waals surface area contributed by atoms with Gasteiger partial charge in [-0.05, 0) is 16.0 Å². The van der Waals surface area contributed by atoms with Gasteiger partial charge in [-0.1, -0.05) is 22.8 Å². The molecule has 2 aliphatic heterocycles. The van der Waals surface area contributed by atoms with Crippen molar-refractivity contribution in [1.82, 2.24) is 35.4 Å². The number of terminal acetylenes is 1. The average Bonchev–Trinajstić information content (AvgIpc) is 3.56. The van der Waals surface area contributed by atoms with Gasteiger partial charge in [0.15, 0.2) is 17.5 Å². The molecule has 4 heterocycles. The van der Waals surface area contributed by atoms with Crippen LogP contribution < -0.4 is 10.6 Å². The SMILES string of the molecule is C#CCON=C(C(=O)NC1C(=O)N2C(C(=O)O)=C(CSc3nnnn3CC(=O)O)CS[C@H]12)c1csc(NC=O)n1. The van der Waals surface area contributed by atoms with Crippen molar-refractivity contribution in [3.05, 3.63) is 22.3 Å². The van der Waals surface area contributed by atoms with E-state index in [1.54, 1.807) is 0 Å². The quantitative estimate of drug-likeness (QED) is 0.0393. The lowest BCUT2D eigenvalue weighted by Gasteiger charge is -2.49. The van der Waals surface area contributed by atoms with Gasteiger partial charge in [-0.2, -0.15) is 0 Å². The number of hydrogen-bond donors (Lipinski definition) is 4. The number of nitrogens with one attached hydrogen (secondary N) is 2. The summed E-state index contributed by atoms with van der Waals surface area (Å²) in [5, 5.41) is 39.3. The van der Waals surface area contributed by atoms with E-state index in [1.165, 1.54) is 17.1 Å². The van der Waals surface area contributed by atoms with E-state index in [-0.39, 0.29) is 45.5 Å². The lowest BCUT2D eigenvalue weighted by molar-refractivity contribution is -0.150. The molecule has 0 aromatic carbocycles. The molecule has 17 nitrogen and oxygen atoms in total.